The maximum absolute atomic E-state index is 11.1. The van der Waals surface area contributed by atoms with Gasteiger partial charge in [-0.25, -0.2) is 4.98 Å². The van der Waals surface area contributed by atoms with E-state index in [1.54, 1.807) is 25.0 Å². The molecule has 6 nitrogen and oxygen atoms in total. The summed E-state index contributed by atoms with van der Waals surface area (Å²) in [5, 5.41) is 16.2. The Labute approximate surface area is 93.7 Å². The first-order chi connectivity index (χ1) is 7.55. The van der Waals surface area contributed by atoms with Gasteiger partial charge >= 0.3 is 5.97 Å². The zero-order valence-corrected chi connectivity index (χ0v) is 9.47. The molecule has 16 heavy (non-hydrogen) atoms. The lowest BCUT2D eigenvalue weighted by atomic mass is 10.0. The zero-order valence-electron chi connectivity index (χ0n) is 9.47. The average molecular weight is 224 g/mol. The second-order valence-corrected chi connectivity index (χ2v) is 4.46. The minimum Gasteiger partial charge on any atom is -0.480 e. The summed E-state index contributed by atoms with van der Waals surface area (Å²) in [6.45, 7) is 1.91. The van der Waals surface area contributed by atoms with Crippen molar-refractivity contribution < 1.29 is 9.90 Å². The molecular formula is C10H16N4O2. The number of aromatic nitrogens is 3. The van der Waals surface area contributed by atoms with Crippen molar-refractivity contribution in [1.29, 1.82) is 0 Å². The van der Waals surface area contributed by atoms with Gasteiger partial charge in [-0.15, -0.1) is 0 Å². The highest BCUT2D eigenvalue weighted by Crippen LogP contribution is 2.37. The molecule has 1 fully saturated rings. The lowest BCUT2D eigenvalue weighted by Crippen LogP contribution is -2.50. The van der Waals surface area contributed by atoms with Crippen molar-refractivity contribution in [2.75, 3.05) is 7.05 Å². The first-order valence-corrected chi connectivity index (χ1v) is 5.37. The molecule has 0 radical (unpaired) electrons. The molecule has 2 N–H and O–H groups in total. The van der Waals surface area contributed by atoms with Gasteiger partial charge in [0.25, 0.3) is 0 Å². The van der Waals surface area contributed by atoms with E-state index in [2.05, 4.69) is 15.4 Å². The molecule has 1 atom stereocenters. The highest BCUT2D eigenvalue weighted by molar-refractivity contribution is 5.78. The summed E-state index contributed by atoms with van der Waals surface area (Å²) in [6, 6.07) is 0. The third-order valence-electron chi connectivity index (χ3n) is 3.00. The molecule has 0 spiro atoms. The Kier molecular flexibility index (Phi) is 2.67. The van der Waals surface area contributed by atoms with Crippen LogP contribution in [0.5, 0.6) is 0 Å². The maximum atomic E-state index is 11.1. The predicted molar refractivity (Wildman–Crippen MR) is 57.1 cm³/mol. The fourth-order valence-electron chi connectivity index (χ4n) is 1.49. The number of hydrogen-bond acceptors (Lipinski definition) is 4. The average Bonchev–Trinajstić information content (AvgIpc) is 3.00. The van der Waals surface area contributed by atoms with E-state index in [1.807, 2.05) is 0 Å². The van der Waals surface area contributed by atoms with Crippen LogP contribution in [0.2, 0.25) is 0 Å². The molecule has 1 aliphatic rings. The second kappa shape index (κ2) is 3.86. The SMILES string of the molecule is CNC(C)(Cn1cnc(C2CC2)n1)C(=O)O. The molecule has 2 rings (SSSR count). The molecule has 1 aliphatic carbocycles. The Hall–Kier alpha value is -1.43. The van der Waals surface area contributed by atoms with Crippen LogP contribution in [0.4, 0.5) is 0 Å². The number of nitrogens with one attached hydrogen (secondary N) is 1. The lowest BCUT2D eigenvalue weighted by Gasteiger charge is -2.23. The van der Waals surface area contributed by atoms with Gasteiger partial charge in [0.2, 0.25) is 0 Å². The molecule has 1 heterocycles. The van der Waals surface area contributed by atoms with E-state index >= 15 is 0 Å². The Morgan fingerprint density at radius 1 is 1.75 bits per heavy atom. The second-order valence-electron chi connectivity index (χ2n) is 4.46. The first kappa shape index (κ1) is 11.1. The van der Waals surface area contributed by atoms with Gasteiger partial charge in [0.15, 0.2) is 5.82 Å². The van der Waals surface area contributed by atoms with Crippen LogP contribution < -0.4 is 5.32 Å². The van der Waals surface area contributed by atoms with Gasteiger partial charge in [0.05, 0.1) is 6.54 Å². The maximum Gasteiger partial charge on any atom is 0.325 e. The van der Waals surface area contributed by atoms with Crippen LogP contribution in [-0.4, -0.2) is 38.4 Å². The molecule has 0 saturated heterocycles. The fourth-order valence-corrected chi connectivity index (χ4v) is 1.49. The number of hydrogen-bond donors (Lipinski definition) is 2. The topological polar surface area (TPSA) is 80.0 Å². The van der Waals surface area contributed by atoms with E-state index in [1.165, 1.54) is 0 Å². The van der Waals surface area contributed by atoms with Crippen molar-refractivity contribution in [3.8, 4) is 0 Å². The van der Waals surface area contributed by atoms with Gasteiger partial charge < -0.3 is 10.4 Å². The Balaban J connectivity index is 2.09. The third kappa shape index (κ3) is 2.06. The van der Waals surface area contributed by atoms with Crippen LogP contribution in [0.15, 0.2) is 6.33 Å². The quantitative estimate of drug-likeness (QED) is 0.747. The Morgan fingerprint density at radius 2 is 2.44 bits per heavy atom. The Morgan fingerprint density at radius 3 is 2.94 bits per heavy atom. The lowest BCUT2D eigenvalue weighted by molar-refractivity contribution is -0.144. The zero-order chi connectivity index (χ0) is 11.8. The minimum absolute atomic E-state index is 0.276. The van der Waals surface area contributed by atoms with E-state index in [9.17, 15) is 4.79 Å². The summed E-state index contributed by atoms with van der Waals surface area (Å²) in [5.41, 5.74) is -1.01. The smallest absolute Gasteiger partial charge is 0.325 e. The minimum atomic E-state index is -1.01. The normalized spacial score (nSPS) is 19.4. The summed E-state index contributed by atoms with van der Waals surface area (Å²) in [5.74, 6) is 0.439. The van der Waals surface area contributed by atoms with Crippen LogP contribution in [0.3, 0.4) is 0 Å². The number of aliphatic carboxylic acids is 1. The number of nitrogens with zero attached hydrogens (tertiary/aromatic N) is 3. The van der Waals surface area contributed by atoms with Crippen molar-refractivity contribution in [1.82, 2.24) is 20.1 Å². The predicted octanol–water partition coefficient (Wildman–Crippen LogP) is 0.218. The van der Waals surface area contributed by atoms with Gasteiger partial charge in [-0.3, -0.25) is 9.48 Å². The molecule has 1 unspecified atom stereocenters. The first-order valence-electron chi connectivity index (χ1n) is 5.37. The van der Waals surface area contributed by atoms with Gasteiger partial charge in [0, 0.05) is 5.92 Å². The van der Waals surface area contributed by atoms with E-state index in [4.69, 9.17) is 5.11 Å². The molecule has 0 amide bonds. The number of carbonyl (C=O) groups is 1. The van der Waals surface area contributed by atoms with Crippen LogP contribution in [0.1, 0.15) is 31.5 Å². The summed E-state index contributed by atoms with van der Waals surface area (Å²) in [4.78, 5) is 15.3. The molecule has 6 heteroatoms. The van der Waals surface area contributed by atoms with E-state index in [0.29, 0.717) is 5.92 Å². The molecule has 1 saturated carbocycles. The van der Waals surface area contributed by atoms with Gasteiger partial charge in [-0.05, 0) is 26.8 Å². The molecule has 0 bridgehead atoms. The van der Waals surface area contributed by atoms with E-state index in [0.717, 1.165) is 18.7 Å². The third-order valence-corrected chi connectivity index (χ3v) is 3.00. The van der Waals surface area contributed by atoms with Crippen molar-refractivity contribution in [3.05, 3.63) is 12.2 Å². The van der Waals surface area contributed by atoms with Crippen LogP contribution in [0.25, 0.3) is 0 Å². The standard InChI is InChI=1S/C10H16N4O2/c1-10(11-2,9(15)16)5-14-6-12-8(13-14)7-3-4-7/h6-7,11H,3-5H2,1-2H3,(H,15,16). The fraction of sp³-hybridized carbons (Fsp3) is 0.700. The van der Waals surface area contributed by atoms with Gasteiger partial charge in [-0.1, -0.05) is 0 Å². The van der Waals surface area contributed by atoms with E-state index in [-0.39, 0.29) is 6.54 Å². The number of carboxylic acids is 1. The summed E-state index contributed by atoms with van der Waals surface area (Å²) >= 11 is 0. The van der Waals surface area contributed by atoms with Gasteiger partial charge in [-0.2, -0.15) is 5.10 Å². The molecule has 1 aromatic heterocycles. The highest BCUT2D eigenvalue weighted by atomic mass is 16.4. The van der Waals surface area contributed by atoms with Crippen molar-refractivity contribution >= 4 is 5.97 Å². The van der Waals surface area contributed by atoms with Crippen molar-refractivity contribution in [2.45, 2.75) is 37.8 Å². The van der Waals surface area contributed by atoms with Gasteiger partial charge in [0.1, 0.15) is 11.9 Å². The monoisotopic (exact) mass is 224 g/mol. The van der Waals surface area contributed by atoms with Crippen LogP contribution >= 0.6 is 0 Å². The summed E-state index contributed by atoms with van der Waals surface area (Å²) < 4.78 is 1.60. The molecule has 0 aromatic carbocycles. The number of rotatable bonds is 5. The molecule has 0 aliphatic heterocycles. The van der Waals surface area contributed by atoms with Crippen LogP contribution in [0, 0.1) is 0 Å². The number of likely N-dealkylation sites (N-methyl/N-ethyl adjacent to an activating group) is 1. The molecular weight excluding hydrogens is 208 g/mol. The summed E-state index contributed by atoms with van der Waals surface area (Å²) in [7, 11) is 1.63. The summed E-state index contributed by atoms with van der Waals surface area (Å²) in [6.07, 6.45) is 3.89. The Bertz CT molecular complexity index is 399. The van der Waals surface area contributed by atoms with Crippen LogP contribution in [-0.2, 0) is 11.3 Å². The molecule has 1 aromatic rings. The largest absolute Gasteiger partial charge is 0.480 e. The highest BCUT2D eigenvalue weighted by Gasteiger charge is 2.33. The van der Waals surface area contributed by atoms with E-state index < -0.39 is 11.5 Å². The van der Waals surface area contributed by atoms with Crippen molar-refractivity contribution in [3.63, 3.8) is 0 Å². The van der Waals surface area contributed by atoms with Crippen molar-refractivity contribution in [2.24, 2.45) is 0 Å². The number of carboxylic acid groups (broad SMARTS) is 1. The molecule has 88 valence electrons.